The van der Waals surface area contributed by atoms with Crippen LogP contribution in [0.3, 0.4) is 0 Å². The van der Waals surface area contributed by atoms with Crippen molar-refractivity contribution in [3.8, 4) is 0 Å². The summed E-state index contributed by atoms with van der Waals surface area (Å²) in [5, 5.41) is 2.70. The van der Waals surface area contributed by atoms with Crippen LogP contribution in [-0.2, 0) is 19.6 Å². The summed E-state index contributed by atoms with van der Waals surface area (Å²) < 4.78 is 45.5. The molecule has 0 saturated carbocycles. The van der Waals surface area contributed by atoms with Crippen molar-refractivity contribution in [2.45, 2.75) is 30.9 Å². The highest BCUT2D eigenvalue weighted by atomic mass is 32.2. The van der Waals surface area contributed by atoms with Crippen molar-refractivity contribution in [2.75, 3.05) is 11.4 Å². The number of benzene rings is 3. The van der Waals surface area contributed by atoms with Gasteiger partial charge in [-0.1, -0.05) is 36.4 Å². The number of esters is 1. The average Bonchev–Trinajstić information content (AvgIpc) is 2.84. The van der Waals surface area contributed by atoms with Crippen LogP contribution in [0, 0.1) is 5.82 Å². The topological polar surface area (TPSA) is 92.8 Å². The molecule has 0 aliphatic heterocycles. The summed E-state index contributed by atoms with van der Waals surface area (Å²) in [7, 11) is -2.50. The molecule has 1 amide bonds. The second-order valence-electron chi connectivity index (χ2n) is 7.67. The fourth-order valence-electron chi connectivity index (χ4n) is 3.17. The van der Waals surface area contributed by atoms with E-state index in [2.05, 4.69) is 5.32 Å². The molecule has 0 heterocycles. The van der Waals surface area contributed by atoms with Gasteiger partial charge < -0.3 is 10.1 Å². The van der Waals surface area contributed by atoms with E-state index in [9.17, 15) is 22.4 Å². The first-order valence-corrected chi connectivity index (χ1v) is 11.9. The third-order valence-electron chi connectivity index (χ3n) is 5.23. The normalized spacial score (nSPS) is 12.9. The zero-order chi connectivity index (χ0) is 24.9. The lowest BCUT2D eigenvalue weighted by Crippen LogP contribution is -2.37. The SMILES string of the molecule is CC(OC(=O)c1cccc(S(=O)(=O)N(C)c2ccccc2)c1)C(=O)NC(C)c1ccc(F)cc1. The number of nitrogens with zero attached hydrogens (tertiary/aromatic N) is 1. The van der Waals surface area contributed by atoms with E-state index in [1.807, 2.05) is 0 Å². The van der Waals surface area contributed by atoms with Crippen LogP contribution in [0.2, 0.25) is 0 Å². The largest absolute Gasteiger partial charge is 0.449 e. The molecule has 0 radical (unpaired) electrons. The number of para-hydroxylation sites is 1. The fraction of sp³-hybridized carbons (Fsp3) is 0.200. The molecule has 7 nitrogen and oxygen atoms in total. The highest BCUT2D eigenvalue weighted by molar-refractivity contribution is 7.92. The number of sulfonamides is 1. The van der Waals surface area contributed by atoms with Crippen LogP contribution in [0.25, 0.3) is 0 Å². The van der Waals surface area contributed by atoms with Gasteiger partial charge >= 0.3 is 5.97 Å². The smallest absolute Gasteiger partial charge is 0.338 e. The van der Waals surface area contributed by atoms with Crippen LogP contribution < -0.4 is 9.62 Å². The highest BCUT2D eigenvalue weighted by Crippen LogP contribution is 2.23. The first-order chi connectivity index (χ1) is 16.1. The summed E-state index contributed by atoms with van der Waals surface area (Å²) in [4.78, 5) is 25.0. The quantitative estimate of drug-likeness (QED) is 0.487. The monoisotopic (exact) mass is 484 g/mol. The molecule has 178 valence electrons. The molecule has 3 aromatic carbocycles. The Morgan fingerprint density at radius 2 is 1.59 bits per heavy atom. The van der Waals surface area contributed by atoms with Gasteiger partial charge in [-0.3, -0.25) is 9.10 Å². The van der Waals surface area contributed by atoms with Crippen molar-refractivity contribution in [3.63, 3.8) is 0 Å². The van der Waals surface area contributed by atoms with Gasteiger partial charge in [0, 0.05) is 7.05 Å². The predicted molar refractivity (Wildman–Crippen MR) is 126 cm³/mol. The van der Waals surface area contributed by atoms with Gasteiger partial charge in [0.1, 0.15) is 5.82 Å². The molecule has 2 atom stereocenters. The number of ether oxygens (including phenoxy) is 1. The molecule has 0 aliphatic rings. The van der Waals surface area contributed by atoms with Crippen molar-refractivity contribution >= 4 is 27.6 Å². The molecule has 1 N–H and O–H groups in total. The molecule has 0 saturated heterocycles. The number of hydrogen-bond acceptors (Lipinski definition) is 5. The van der Waals surface area contributed by atoms with Crippen molar-refractivity contribution in [1.29, 1.82) is 0 Å². The van der Waals surface area contributed by atoms with Crippen LogP contribution in [-0.4, -0.2) is 33.4 Å². The van der Waals surface area contributed by atoms with Crippen LogP contribution in [0.4, 0.5) is 10.1 Å². The molecule has 3 aromatic rings. The van der Waals surface area contributed by atoms with Gasteiger partial charge in [-0.05, 0) is 61.9 Å². The Morgan fingerprint density at radius 1 is 0.941 bits per heavy atom. The minimum Gasteiger partial charge on any atom is -0.449 e. The first kappa shape index (κ1) is 24.9. The molecule has 3 rings (SSSR count). The van der Waals surface area contributed by atoms with E-state index in [4.69, 9.17) is 4.74 Å². The Labute approximate surface area is 198 Å². The molecule has 2 unspecified atom stereocenters. The van der Waals surface area contributed by atoms with Gasteiger partial charge in [0.25, 0.3) is 15.9 Å². The van der Waals surface area contributed by atoms with Crippen molar-refractivity contribution in [3.05, 3.63) is 95.8 Å². The molecular formula is C25H25FN2O5S. The second kappa shape index (κ2) is 10.5. The molecule has 0 aromatic heterocycles. The Balaban J connectivity index is 1.68. The lowest BCUT2D eigenvalue weighted by atomic mass is 10.1. The van der Waals surface area contributed by atoms with Gasteiger partial charge in [0.2, 0.25) is 0 Å². The summed E-state index contributed by atoms with van der Waals surface area (Å²) in [6, 6.07) is 19.2. The molecule has 0 bridgehead atoms. The average molecular weight is 485 g/mol. The van der Waals surface area contributed by atoms with Crippen molar-refractivity contribution < 1.29 is 27.1 Å². The summed E-state index contributed by atoms with van der Waals surface area (Å²) in [6.45, 7) is 3.13. The Bertz CT molecular complexity index is 1260. The number of anilines is 1. The molecule has 0 aliphatic carbocycles. The number of carbonyl (C=O) groups is 2. The zero-order valence-corrected chi connectivity index (χ0v) is 19.8. The maximum atomic E-state index is 13.1. The van der Waals surface area contributed by atoms with E-state index in [0.717, 1.165) is 4.31 Å². The zero-order valence-electron chi connectivity index (χ0n) is 18.9. The number of nitrogens with one attached hydrogen (secondary N) is 1. The van der Waals surface area contributed by atoms with E-state index in [1.165, 1.54) is 50.4 Å². The summed E-state index contributed by atoms with van der Waals surface area (Å²) in [5.74, 6) is -1.77. The Hall–Kier alpha value is -3.72. The summed E-state index contributed by atoms with van der Waals surface area (Å²) >= 11 is 0. The number of halogens is 1. The minimum absolute atomic E-state index is 0.00577. The maximum absolute atomic E-state index is 13.1. The molecular weight excluding hydrogens is 459 g/mol. The van der Waals surface area contributed by atoms with Gasteiger partial charge in [-0.2, -0.15) is 0 Å². The van der Waals surface area contributed by atoms with Gasteiger partial charge in [-0.15, -0.1) is 0 Å². The van der Waals surface area contributed by atoms with Crippen molar-refractivity contribution in [2.24, 2.45) is 0 Å². The lowest BCUT2D eigenvalue weighted by Gasteiger charge is -2.20. The summed E-state index contributed by atoms with van der Waals surface area (Å²) in [6.07, 6.45) is -1.14. The molecule has 9 heteroatoms. The Morgan fingerprint density at radius 3 is 2.24 bits per heavy atom. The molecule has 0 fully saturated rings. The Kier molecular flexibility index (Phi) is 7.68. The lowest BCUT2D eigenvalue weighted by molar-refractivity contribution is -0.129. The minimum atomic E-state index is -3.92. The van der Waals surface area contributed by atoms with E-state index in [1.54, 1.807) is 49.4 Å². The van der Waals surface area contributed by atoms with E-state index >= 15 is 0 Å². The number of carbonyl (C=O) groups excluding carboxylic acids is 2. The number of amides is 1. The molecule has 34 heavy (non-hydrogen) atoms. The molecule has 0 spiro atoms. The maximum Gasteiger partial charge on any atom is 0.338 e. The first-order valence-electron chi connectivity index (χ1n) is 10.5. The standard InChI is InChI=1S/C25H25FN2O5S/c1-17(19-12-14-21(26)15-13-19)27-24(29)18(2)33-25(30)20-8-7-11-23(16-20)34(31,32)28(3)22-9-5-4-6-10-22/h4-18H,1-3H3,(H,27,29). The van der Waals surface area contributed by atoms with E-state index in [0.29, 0.717) is 11.3 Å². The van der Waals surface area contributed by atoms with Crippen LogP contribution >= 0.6 is 0 Å². The number of rotatable bonds is 8. The second-order valence-corrected chi connectivity index (χ2v) is 9.63. The van der Waals surface area contributed by atoms with Crippen molar-refractivity contribution in [1.82, 2.24) is 5.32 Å². The van der Waals surface area contributed by atoms with E-state index in [-0.39, 0.29) is 16.3 Å². The number of hydrogen-bond donors (Lipinski definition) is 1. The van der Waals surface area contributed by atoms with Gasteiger partial charge in [0.05, 0.1) is 22.2 Å². The van der Waals surface area contributed by atoms with Crippen LogP contribution in [0.15, 0.2) is 83.8 Å². The van der Waals surface area contributed by atoms with Gasteiger partial charge in [-0.25, -0.2) is 17.6 Å². The van der Waals surface area contributed by atoms with Gasteiger partial charge in [0.15, 0.2) is 6.10 Å². The fourth-order valence-corrected chi connectivity index (χ4v) is 4.41. The summed E-state index contributed by atoms with van der Waals surface area (Å²) in [5.41, 5.74) is 1.15. The van der Waals surface area contributed by atoms with E-state index < -0.39 is 34.0 Å². The van der Waals surface area contributed by atoms with Crippen LogP contribution in [0.5, 0.6) is 0 Å². The van der Waals surface area contributed by atoms with Crippen LogP contribution in [0.1, 0.15) is 35.8 Å². The third-order valence-corrected chi connectivity index (χ3v) is 7.01. The third kappa shape index (κ3) is 5.79. The predicted octanol–water partition coefficient (Wildman–Crippen LogP) is 4.07. The highest BCUT2D eigenvalue weighted by Gasteiger charge is 2.25.